The van der Waals surface area contributed by atoms with Crippen LogP contribution in [0.25, 0.3) is 0 Å². The second-order valence-electron chi connectivity index (χ2n) is 3.17. The summed E-state index contributed by atoms with van der Waals surface area (Å²) in [6, 6.07) is 6.42. The van der Waals surface area contributed by atoms with Crippen LogP contribution in [0.3, 0.4) is 0 Å². The average molecular weight is 318 g/mol. The number of rotatable bonds is 2. The van der Waals surface area contributed by atoms with Gasteiger partial charge in [0.15, 0.2) is 5.15 Å². The lowest BCUT2D eigenvalue weighted by molar-refractivity contribution is 0.103. The largest absolute Gasteiger partial charge is 0.287 e. The molecular formula is C13H11Cl3N2O. The van der Waals surface area contributed by atoms with Crippen molar-refractivity contribution >= 4 is 40.6 Å². The first-order chi connectivity index (χ1) is 9.08. The molecule has 0 fully saturated rings. The van der Waals surface area contributed by atoms with Gasteiger partial charge in [0.25, 0.3) is 0 Å². The molecule has 19 heavy (non-hydrogen) atoms. The summed E-state index contributed by atoms with van der Waals surface area (Å²) in [6.45, 7) is 4.00. The van der Waals surface area contributed by atoms with Crippen molar-refractivity contribution < 1.29 is 4.79 Å². The van der Waals surface area contributed by atoms with Crippen LogP contribution in [0.15, 0.2) is 30.5 Å². The van der Waals surface area contributed by atoms with Crippen molar-refractivity contribution in [3.63, 3.8) is 0 Å². The highest BCUT2D eigenvalue weighted by Gasteiger charge is 2.15. The molecule has 0 aliphatic carbocycles. The van der Waals surface area contributed by atoms with Gasteiger partial charge >= 0.3 is 0 Å². The monoisotopic (exact) mass is 316 g/mol. The minimum Gasteiger partial charge on any atom is -0.287 e. The summed E-state index contributed by atoms with van der Waals surface area (Å²) in [5, 5.41) is 0.676. The van der Waals surface area contributed by atoms with Gasteiger partial charge in [0.2, 0.25) is 5.78 Å². The molecule has 2 aromatic rings. The number of ketones is 1. The first kappa shape index (κ1) is 15.9. The summed E-state index contributed by atoms with van der Waals surface area (Å²) < 4.78 is 0. The zero-order valence-corrected chi connectivity index (χ0v) is 12.6. The maximum atomic E-state index is 12.0. The highest BCUT2D eigenvalue weighted by molar-refractivity contribution is 6.35. The summed E-state index contributed by atoms with van der Waals surface area (Å²) in [4.78, 5) is 19.6. The molecule has 0 aliphatic rings. The van der Waals surface area contributed by atoms with E-state index >= 15 is 0 Å². The summed E-state index contributed by atoms with van der Waals surface area (Å²) >= 11 is 17.1. The third-order valence-corrected chi connectivity index (χ3v) is 2.72. The van der Waals surface area contributed by atoms with Crippen molar-refractivity contribution in [2.45, 2.75) is 13.8 Å². The molecule has 0 bridgehead atoms. The quantitative estimate of drug-likeness (QED) is 0.754. The number of hydrogen-bond acceptors (Lipinski definition) is 3. The summed E-state index contributed by atoms with van der Waals surface area (Å²) in [5.41, 5.74) is 0.506. The Morgan fingerprint density at radius 3 is 2.16 bits per heavy atom. The lowest BCUT2D eigenvalue weighted by Gasteiger charge is -2.02. The van der Waals surface area contributed by atoms with Gasteiger partial charge in [-0.2, -0.15) is 0 Å². The zero-order chi connectivity index (χ0) is 14.4. The van der Waals surface area contributed by atoms with Crippen molar-refractivity contribution in [2.75, 3.05) is 0 Å². The van der Waals surface area contributed by atoms with Gasteiger partial charge in [-0.05, 0) is 24.3 Å². The van der Waals surface area contributed by atoms with Gasteiger partial charge in [-0.1, -0.05) is 48.7 Å². The number of benzene rings is 1. The Morgan fingerprint density at radius 1 is 1.05 bits per heavy atom. The Kier molecular flexibility index (Phi) is 6.22. The molecule has 0 saturated heterocycles. The van der Waals surface area contributed by atoms with Gasteiger partial charge in [-0.15, -0.1) is 0 Å². The maximum Gasteiger partial charge on any atom is 0.214 e. The molecule has 0 saturated carbocycles. The van der Waals surface area contributed by atoms with Gasteiger partial charge in [0.05, 0.1) is 6.20 Å². The van der Waals surface area contributed by atoms with Crippen LogP contribution in [-0.4, -0.2) is 15.8 Å². The van der Waals surface area contributed by atoms with Gasteiger partial charge in [0.1, 0.15) is 10.8 Å². The van der Waals surface area contributed by atoms with E-state index in [1.54, 1.807) is 24.3 Å². The van der Waals surface area contributed by atoms with E-state index in [4.69, 9.17) is 34.8 Å². The summed E-state index contributed by atoms with van der Waals surface area (Å²) in [6.07, 6.45) is 1.27. The van der Waals surface area contributed by atoms with Crippen LogP contribution in [0.1, 0.15) is 29.9 Å². The molecule has 6 heteroatoms. The van der Waals surface area contributed by atoms with Crippen LogP contribution in [0.2, 0.25) is 15.3 Å². The molecule has 0 N–H and O–H groups in total. The number of aromatic nitrogens is 2. The molecule has 0 spiro atoms. The Hall–Kier alpha value is -1.16. The summed E-state index contributed by atoms with van der Waals surface area (Å²) in [7, 11) is 0. The second-order valence-corrected chi connectivity index (χ2v) is 4.35. The second kappa shape index (κ2) is 7.43. The molecule has 0 atom stereocenters. The van der Waals surface area contributed by atoms with Crippen LogP contribution in [0.4, 0.5) is 0 Å². The molecular weight excluding hydrogens is 307 g/mol. The smallest absolute Gasteiger partial charge is 0.214 e. The van der Waals surface area contributed by atoms with Crippen LogP contribution < -0.4 is 0 Å². The van der Waals surface area contributed by atoms with E-state index in [2.05, 4.69) is 9.97 Å². The highest BCUT2D eigenvalue weighted by Crippen LogP contribution is 2.18. The van der Waals surface area contributed by atoms with Crippen LogP contribution >= 0.6 is 34.8 Å². The lowest BCUT2D eigenvalue weighted by Crippen LogP contribution is -2.06. The Balaban J connectivity index is 0.000000861. The van der Waals surface area contributed by atoms with Crippen molar-refractivity contribution in [2.24, 2.45) is 0 Å². The van der Waals surface area contributed by atoms with E-state index < -0.39 is 0 Å². The Labute approximate surface area is 126 Å². The Morgan fingerprint density at radius 2 is 1.63 bits per heavy atom. The third kappa shape index (κ3) is 4.16. The molecule has 2 rings (SSSR count). The lowest BCUT2D eigenvalue weighted by atomic mass is 10.1. The van der Waals surface area contributed by atoms with Gasteiger partial charge < -0.3 is 0 Å². The van der Waals surface area contributed by atoms with Crippen LogP contribution in [0.5, 0.6) is 0 Å². The molecule has 1 aromatic heterocycles. The number of carbonyl (C=O) groups is 1. The number of carbonyl (C=O) groups excluding carboxylic acids is 1. The number of hydrogen-bond donors (Lipinski definition) is 0. The molecule has 1 aromatic carbocycles. The van der Waals surface area contributed by atoms with E-state index in [0.29, 0.717) is 10.6 Å². The molecule has 0 aliphatic heterocycles. The van der Waals surface area contributed by atoms with Crippen LogP contribution in [0, 0.1) is 0 Å². The highest BCUT2D eigenvalue weighted by atomic mass is 35.5. The molecule has 3 nitrogen and oxygen atoms in total. The first-order valence-corrected chi connectivity index (χ1v) is 6.69. The average Bonchev–Trinajstić information content (AvgIpc) is 2.41. The first-order valence-electron chi connectivity index (χ1n) is 5.56. The maximum absolute atomic E-state index is 12.0. The van der Waals surface area contributed by atoms with Gasteiger partial charge in [0, 0.05) is 10.6 Å². The molecule has 0 radical (unpaired) electrons. The molecule has 1 heterocycles. The summed E-state index contributed by atoms with van der Waals surface area (Å²) in [5.74, 6) is -0.323. The SMILES string of the molecule is CC.O=C(c1ccc(Cl)cc1)c1ncc(Cl)nc1Cl. The van der Waals surface area contributed by atoms with Gasteiger partial charge in [-0.3, -0.25) is 4.79 Å². The third-order valence-electron chi connectivity index (χ3n) is 2.02. The van der Waals surface area contributed by atoms with Crippen molar-refractivity contribution in [3.8, 4) is 0 Å². The fourth-order valence-corrected chi connectivity index (χ4v) is 1.77. The molecule has 100 valence electrons. The standard InChI is InChI=1S/C11H5Cl3N2O.C2H6/c12-7-3-1-6(2-4-7)10(17)9-11(14)16-8(13)5-15-9;1-2/h1-5H;1-2H3. The van der Waals surface area contributed by atoms with Crippen molar-refractivity contribution in [1.82, 2.24) is 9.97 Å². The van der Waals surface area contributed by atoms with E-state index in [0.717, 1.165) is 0 Å². The molecule has 0 amide bonds. The number of halogens is 3. The van der Waals surface area contributed by atoms with Crippen molar-refractivity contribution in [3.05, 3.63) is 57.0 Å². The van der Waals surface area contributed by atoms with E-state index in [9.17, 15) is 4.79 Å². The number of nitrogens with zero attached hydrogens (tertiary/aromatic N) is 2. The fraction of sp³-hybridized carbons (Fsp3) is 0.154. The van der Waals surface area contributed by atoms with E-state index in [-0.39, 0.29) is 21.8 Å². The van der Waals surface area contributed by atoms with Crippen LogP contribution in [-0.2, 0) is 0 Å². The van der Waals surface area contributed by atoms with E-state index in [1.165, 1.54) is 6.20 Å². The Bertz CT molecular complexity index is 571. The van der Waals surface area contributed by atoms with Crippen molar-refractivity contribution in [1.29, 1.82) is 0 Å². The normalized spacial score (nSPS) is 9.53. The zero-order valence-electron chi connectivity index (χ0n) is 10.3. The van der Waals surface area contributed by atoms with Gasteiger partial charge in [-0.25, -0.2) is 9.97 Å². The fourth-order valence-electron chi connectivity index (χ4n) is 1.24. The minimum atomic E-state index is -0.323. The predicted molar refractivity (Wildman–Crippen MR) is 78.3 cm³/mol. The topological polar surface area (TPSA) is 42.9 Å². The molecule has 0 unspecified atom stereocenters. The van der Waals surface area contributed by atoms with E-state index in [1.807, 2.05) is 13.8 Å². The predicted octanol–water partition coefficient (Wildman–Crippen LogP) is 4.69. The minimum absolute atomic E-state index is 0.0162.